The zero-order chi connectivity index (χ0) is 26.1. The van der Waals surface area contributed by atoms with Gasteiger partial charge in [-0.25, -0.2) is 4.90 Å². The van der Waals surface area contributed by atoms with E-state index in [0.717, 1.165) is 10.5 Å². The van der Waals surface area contributed by atoms with Gasteiger partial charge in [-0.2, -0.15) is 0 Å². The molecule has 0 aliphatic carbocycles. The number of anilines is 2. The number of carbonyl (C=O) groups excluding carboxylic acids is 3. The van der Waals surface area contributed by atoms with Crippen LogP contribution in [0.2, 0.25) is 0 Å². The topological polar surface area (TPSA) is 142 Å². The first-order chi connectivity index (χ1) is 17.7. The largest absolute Gasteiger partial charge is 0.508 e. The highest BCUT2D eigenvalue weighted by molar-refractivity contribution is 6.26. The Balaban J connectivity index is 1.48. The number of phenolic OH excluding ortho intramolecular Hbond substituents is 1. The van der Waals surface area contributed by atoms with Gasteiger partial charge in [-0.1, -0.05) is 30.3 Å². The minimum Gasteiger partial charge on any atom is -0.508 e. The van der Waals surface area contributed by atoms with E-state index in [1.807, 2.05) is 0 Å². The third-order valence-electron chi connectivity index (χ3n) is 7.65. The van der Waals surface area contributed by atoms with E-state index < -0.39 is 46.1 Å². The summed E-state index contributed by atoms with van der Waals surface area (Å²) in [5, 5.41) is 27.1. The second-order valence-electron chi connectivity index (χ2n) is 9.67. The molecule has 37 heavy (non-hydrogen) atoms. The number of benzene rings is 3. The maximum absolute atomic E-state index is 14.0. The van der Waals surface area contributed by atoms with Crippen molar-refractivity contribution >= 4 is 34.8 Å². The molecule has 10 nitrogen and oxygen atoms in total. The van der Waals surface area contributed by atoms with Crippen LogP contribution >= 0.6 is 0 Å². The molecule has 3 aliphatic heterocycles. The van der Waals surface area contributed by atoms with Gasteiger partial charge in [0, 0.05) is 29.4 Å². The van der Waals surface area contributed by atoms with E-state index in [9.17, 15) is 29.6 Å². The Morgan fingerprint density at radius 3 is 2.46 bits per heavy atom. The van der Waals surface area contributed by atoms with Crippen molar-refractivity contribution in [3.63, 3.8) is 0 Å². The first-order valence-electron chi connectivity index (χ1n) is 11.8. The molecule has 4 atom stereocenters. The number of rotatable bonds is 4. The highest BCUT2D eigenvalue weighted by atomic mass is 16.6. The van der Waals surface area contributed by atoms with Gasteiger partial charge in [0.15, 0.2) is 0 Å². The van der Waals surface area contributed by atoms with Crippen LogP contribution in [0, 0.1) is 28.9 Å². The van der Waals surface area contributed by atoms with Crippen molar-refractivity contribution in [2.45, 2.75) is 24.9 Å². The van der Waals surface area contributed by atoms with E-state index in [4.69, 9.17) is 0 Å². The maximum Gasteiger partial charge on any atom is 0.269 e. The molecule has 0 bridgehead atoms. The second kappa shape index (κ2) is 7.97. The molecule has 1 spiro atoms. The van der Waals surface area contributed by atoms with Gasteiger partial charge in [-0.15, -0.1) is 0 Å². The summed E-state index contributed by atoms with van der Waals surface area (Å²) >= 11 is 0. The number of amides is 3. The van der Waals surface area contributed by atoms with Gasteiger partial charge in [0.05, 0.1) is 22.4 Å². The highest BCUT2D eigenvalue weighted by Crippen LogP contribution is 2.54. The lowest BCUT2D eigenvalue weighted by molar-refractivity contribution is -0.384. The lowest BCUT2D eigenvalue weighted by atomic mass is 9.76. The molecular formula is C27H22N4O6. The Morgan fingerprint density at radius 2 is 1.76 bits per heavy atom. The smallest absolute Gasteiger partial charge is 0.269 e. The summed E-state index contributed by atoms with van der Waals surface area (Å²) in [5.41, 5.74) is 1.08. The van der Waals surface area contributed by atoms with Crippen molar-refractivity contribution < 1.29 is 24.4 Å². The zero-order valence-corrected chi connectivity index (χ0v) is 19.7. The van der Waals surface area contributed by atoms with Crippen LogP contribution in [0.5, 0.6) is 5.75 Å². The second-order valence-corrected chi connectivity index (χ2v) is 9.67. The maximum atomic E-state index is 14.0. The number of fused-ring (bicyclic) bond motifs is 4. The molecule has 6 rings (SSSR count). The Morgan fingerprint density at radius 1 is 1.03 bits per heavy atom. The average Bonchev–Trinajstić information content (AvgIpc) is 3.45. The number of hydrogen-bond acceptors (Lipinski definition) is 7. The minimum absolute atomic E-state index is 0.105. The molecule has 3 aromatic carbocycles. The first kappa shape index (κ1) is 22.9. The van der Waals surface area contributed by atoms with Gasteiger partial charge in [0.1, 0.15) is 11.3 Å². The Kier molecular flexibility index (Phi) is 4.93. The predicted octanol–water partition coefficient (Wildman–Crippen LogP) is 2.78. The number of aromatic hydroxyl groups is 1. The summed E-state index contributed by atoms with van der Waals surface area (Å²) in [6.45, 7) is 1.61. The van der Waals surface area contributed by atoms with Crippen molar-refractivity contribution in [3.05, 3.63) is 93.5 Å². The fraction of sp³-hybridized carbons (Fsp3) is 0.222. The van der Waals surface area contributed by atoms with Gasteiger partial charge in [-0.3, -0.25) is 29.8 Å². The number of imide groups is 1. The number of hydrogen-bond donors (Lipinski definition) is 3. The van der Waals surface area contributed by atoms with Crippen LogP contribution in [0.15, 0.2) is 66.7 Å². The fourth-order valence-electron chi connectivity index (χ4n) is 6.06. The van der Waals surface area contributed by atoms with Crippen molar-refractivity contribution in [3.8, 4) is 5.75 Å². The van der Waals surface area contributed by atoms with Crippen molar-refractivity contribution in [1.82, 2.24) is 5.32 Å². The standard InChI is InChI=1S/C27H22N4O6/c1-14-12-16(31(36)37)8-11-21(14)30-24(33)22-20(13-15-6-9-17(32)10-7-15)29-27(23(22)25(30)34)18-4-2-3-5-19(18)28-26(27)35/h2-12,20,22-23,29,32H,13H2,1H3,(H,28,35)/t20-,22+,23-,27-/m0/s1. The van der Waals surface area contributed by atoms with Gasteiger partial charge in [0.25, 0.3) is 5.69 Å². The molecule has 186 valence electrons. The quantitative estimate of drug-likeness (QED) is 0.285. The summed E-state index contributed by atoms with van der Waals surface area (Å²) in [6.07, 6.45) is 0.338. The molecule has 3 aliphatic rings. The predicted molar refractivity (Wildman–Crippen MR) is 133 cm³/mol. The van der Waals surface area contributed by atoms with E-state index in [1.54, 1.807) is 55.5 Å². The molecule has 0 saturated carbocycles. The van der Waals surface area contributed by atoms with Crippen molar-refractivity contribution in [2.75, 3.05) is 10.2 Å². The number of para-hydroxylation sites is 1. The van der Waals surface area contributed by atoms with Crippen LogP contribution < -0.4 is 15.5 Å². The molecule has 10 heteroatoms. The number of carbonyl (C=O) groups is 3. The van der Waals surface area contributed by atoms with Crippen LogP contribution in [-0.4, -0.2) is 33.8 Å². The van der Waals surface area contributed by atoms with E-state index in [0.29, 0.717) is 23.2 Å². The number of nitro groups is 1. The Labute approximate surface area is 211 Å². The highest BCUT2D eigenvalue weighted by Gasteiger charge is 2.70. The fourth-order valence-corrected chi connectivity index (χ4v) is 6.06. The monoisotopic (exact) mass is 498 g/mol. The first-order valence-corrected chi connectivity index (χ1v) is 11.8. The third-order valence-corrected chi connectivity index (χ3v) is 7.65. The van der Waals surface area contributed by atoms with Gasteiger partial charge in [-0.05, 0) is 48.7 Å². The summed E-state index contributed by atoms with van der Waals surface area (Å²) in [6, 6.07) is 17.1. The van der Waals surface area contributed by atoms with Crippen LogP contribution in [0.4, 0.5) is 17.1 Å². The number of aryl methyl sites for hydroxylation is 1. The van der Waals surface area contributed by atoms with Crippen LogP contribution in [0.1, 0.15) is 16.7 Å². The van der Waals surface area contributed by atoms with E-state index in [-0.39, 0.29) is 17.1 Å². The molecule has 0 radical (unpaired) electrons. The normalized spacial score (nSPS) is 25.9. The van der Waals surface area contributed by atoms with Crippen LogP contribution in [-0.2, 0) is 26.3 Å². The molecule has 0 unspecified atom stereocenters. The number of non-ortho nitro benzene ring substituents is 1. The average molecular weight is 498 g/mol. The van der Waals surface area contributed by atoms with Gasteiger partial charge < -0.3 is 10.4 Å². The van der Waals surface area contributed by atoms with Gasteiger partial charge >= 0.3 is 0 Å². The molecule has 3 N–H and O–H groups in total. The summed E-state index contributed by atoms with van der Waals surface area (Å²) in [7, 11) is 0. The summed E-state index contributed by atoms with van der Waals surface area (Å²) in [4.78, 5) is 53.3. The van der Waals surface area contributed by atoms with Crippen LogP contribution in [0.3, 0.4) is 0 Å². The van der Waals surface area contributed by atoms with Gasteiger partial charge in [0.2, 0.25) is 17.7 Å². The molecule has 3 heterocycles. The van der Waals surface area contributed by atoms with E-state index in [1.165, 1.54) is 18.2 Å². The third kappa shape index (κ3) is 3.19. The van der Waals surface area contributed by atoms with Crippen molar-refractivity contribution in [1.29, 1.82) is 0 Å². The van der Waals surface area contributed by atoms with E-state index >= 15 is 0 Å². The lowest BCUT2D eigenvalue weighted by Gasteiger charge is -2.30. The zero-order valence-electron chi connectivity index (χ0n) is 19.7. The number of nitrogens with one attached hydrogen (secondary N) is 2. The number of nitrogens with zero attached hydrogens (tertiary/aromatic N) is 2. The summed E-state index contributed by atoms with van der Waals surface area (Å²) < 4.78 is 0. The lowest BCUT2D eigenvalue weighted by Crippen LogP contribution is -2.53. The van der Waals surface area contributed by atoms with E-state index in [2.05, 4.69) is 10.6 Å². The summed E-state index contributed by atoms with van der Waals surface area (Å²) in [5.74, 6) is -3.15. The number of phenols is 1. The minimum atomic E-state index is -1.45. The molecule has 2 saturated heterocycles. The Hall–Kier alpha value is -4.57. The molecular weight excluding hydrogens is 476 g/mol. The number of nitro benzene ring substituents is 1. The molecule has 3 aromatic rings. The Bertz CT molecular complexity index is 1500. The molecule has 0 aromatic heterocycles. The molecule has 2 fully saturated rings. The van der Waals surface area contributed by atoms with Crippen molar-refractivity contribution in [2.24, 2.45) is 11.8 Å². The molecule has 3 amide bonds. The SMILES string of the molecule is Cc1cc([N+](=O)[O-])ccc1N1C(=O)[C@@H]2[C@H](Cc3ccc(O)cc3)N[C@]3(C(=O)Nc4ccccc43)[C@@H]2C1=O. The van der Waals surface area contributed by atoms with Crippen LogP contribution in [0.25, 0.3) is 0 Å².